The summed E-state index contributed by atoms with van der Waals surface area (Å²) in [6.45, 7) is 4.60. The third-order valence-corrected chi connectivity index (χ3v) is 5.68. The number of ether oxygens (including phenoxy) is 2. The molecule has 2 rings (SSSR count). The molecule has 6 nitrogen and oxygen atoms in total. The summed E-state index contributed by atoms with van der Waals surface area (Å²) in [6, 6.07) is 6.01. The number of esters is 1. The van der Waals surface area contributed by atoms with E-state index in [2.05, 4.69) is 10.3 Å². The van der Waals surface area contributed by atoms with Gasteiger partial charge in [-0.1, -0.05) is 18.6 Å². The van der Waals surface area contributed by atoms with Crippen molar-refractivity contribution < 1.29 is 23.5 Å². The summed E-state index contributed by atoms with van der Waals surface area (Å²) >= 11 is 1.57. The van der Waals surface area contributed by atoms with Gasteiger partial charge in [-0.05, 0) is 50.8 Å². The minimum Gasteiger partial charge on any atom is -0.469 e. The average Bonchev–Trinajstić information content (AvgIpc) is 3.17. The summed E-state index contributed by atoms with van der Waals surface area (Å²) in [5, 5.41) is 5.83. The van der Waals surface area contributed by atoms with E-state index in [-0.39, 0.29) is 30.9 Å². The average molecular weight is 451 g/mol. The maximum Gasteiger partial charge on any atom is 0.311 e. The topological polar surface area (TPSA) is 77.5 Å². The van der Waals surface area contributed by atoms with Crippen molar-refractivity contribution in [2.24, 2.45) is 5.41 Å². The highest BCUT2D eigenvalue weighted by atomic mass is 32.1. The van der Waals surface area contributed by atoms with Gasteiger partial charge in [-0.25, -0.2) is 9.37 Å². The van der Waals surface area contributed by atoms with E-state index in [1.165, 1.54) is 19.2 Å². The molecule has 170 valence electrons. The molecule has 2 aromatic rings. The van der Waals surface area contributed by atoms with Crippen molar-refractivity contribution in [1.82, 2.24) is 10.3 Å². The number of benzene rings is 1. The fraction of sp³-hybridized carbons (Fsp3) is 0.522. The van der Waals surface area contributed by atoms with Gasteiger partial charge in [0.1, 0.15) is 12.4 Å². The summed E-state index contributed by atoms with van der Waals surface area (Å²) in [5.74, 6) is -0.675. The fourth-order valence-corrected chi connectivity index (χ4v) is 4.06. The molecular formula is C23H31FN2O4S. The van der Waals surface area contributed by atoms with Gasteiger partial charge < -0.3 is 14.8 Å². The van der Waals surface area contributed by atoms with Gasteiger partial charge in [0, 0.05) is 18.3 Å². The second kappa shape index (κ2) is 12.5. The highest BCUT2D eigenvalue weighted by Crippen LogP contribution is 2.25. The molecule has 1 aromatic heterocycles. The van der Waals surface area contributed by atoms with Crippen molar-refractivity contribution in [2.75, 3.05) is 20.3 Å². The lowest BCUT2D eigenvalue weighted by Gasteiger charge is -2.19. The Balaban J connectivity index is 1.54. The van der Waals surface area contributed by atoms with Crippen LogP contribution in [0, 0.1) is 11.2 Å². The highest BCUT2D eigenvalue weighted by Gasteiger charge is 2.30. The van der Waals surface area contributed by atoms with Crippen LogP contribution in [0.2, 0.25) is 0 Å². The summed E-state index contributed by atoms with van der Waals surface area (Å²) in [6.07, 6.45) is 4.30. The number of rotatable bonds is 13. The Morgan fingerprint density at radius 2 is 1.90 bits per heavy atom. The van der Waals surface area contributed by atoms with Gasteiger partial charge in [0.2, 0.25) is 5.91 Å². The molecule has 31 heavy (non-hydrogen) atoms. The van der Waals surface area contributed by atoms with Gasteiger partial charge in [-0.15, -0.1) is 11.3 Å². The molecule has 0 atom stereocenters. The number of unbranched alkanes of at least 4 members (excludes halogenated alkanes) is 2. The summed E-state index contributed by atoms with van der Waals surface area (Å²) in [7, 11) is 1.40. The smallest absolute Gasteiger partial charge is 0.311 e. The molecule has 0 fully saturated rings. The van der Waals surface area contributed by atoms with Gasteiger partial charge >= 0.3 is 5.97 Å². The summed E-state index contributed by atoms with van der Waals surface area (Å²) in [4.78, 5) is 28.2. The van der Waals surface area contributed by atoms with Crippen LogP contribution in [-0.2, 0) is 38.5 Å². The lowest BCUT2D eigenvalue weighted by Crippen LogP contribution is -2.28. The van der Waals surface area contributed by atoms with Crippen LogP contribution in [0.15, 0.2) is 29.6 Å². The van der Waals surface area contributed by atoms with Gasteiger partial charge in [0.25, 0.3) is 0 Å². The number of aromatic nitrogens is 1. The molecule has 1 aromatic carbocycles. The first-order valence-corrected chi connectivity index (χ1v) is 11.3. The van der Waals surface area contributed by atoms with Crippen molar-refractivity contribution in [3.8, 4) is 0 Å². The van der Waals surface area contributed by atoms with E-state index in [1.54, 1.807) is 23.5 Å². The highest BCUT2D eigenvalue weighted by molar-refractivity contribution is 7.09. The number of nitrogens with zero attached hydrogens (tertiary/aromatic N) is 1. The predicted octanol–water partition coefficient (Wildman–Crippen LogP) is 4.07. The van der Waals surface area contributed by atoms with E-state index >= 15 is 0 Å². The molecule has 1 amide bonds. The maximum absolute atomic E-state index is 12.8. The number of carbonyl (C=O) groups excluding carboxylic acids is 2. The number of amides is 1. The summed E-state index contributed by atoms with van der Waals surface area (Å²) in [5.41, 5.74) is 1.29. The molecule has 1 N–H and O–H groups in total. The van der Waals surface area contributed by atoms with Crippen molar-refractivity contribution in [3.05, 3.63) is 51.7 Å². The fourth-order valence-electron chi connectivity index (χ4n) is 3.00. The molecule has 0 saturated heterocycles. The molecule has 0 aliphatic carbocycles. The van der Waals surface area contributed by atoms with Crippen LogP contribution in [0.3, 0.4) is 0 Å². The van der Waals surface area contributed by atoms with Crippen LogP contribution in [0.25, 0.3) is 0 Å². The van der Waals surface area contributed by atoms with Crippen LogP contribution >= 0.6 is 11.3 Å². The second-order valence-electron chi connectivity index (χ2n) is 8.06. The first kappa shape index (κ1) is 24.9. The molecule has 0 aliphatic rings. The molecule has 0 radical (unpaired) electrons. The molecule has 0 spiro atoms. The SMILES string of the molecule is COC(=O)C(C)(C)Cc1nc(CCCCCNC(=O)COCc2ccc(F)cc2)cs1. The minimum atomic E-state index is -0.579. The van der Waals surface area contributed by atoms with E-state index in [9.17, 15) is 14.0 Å². The molecule has 0 saturated carbocycles. The number of hydrogen-bond acceptors (Lipinski definition) is 6. The number of aryl methyl sites for hydroxylation is 1. The Kier molecular flexibility index (Phi) is 10.1. The number of thiazole rings is 1. The molecule has 8 heteroatoms. The van der Waals surface area contributed by atoms with Crippen molar-refractivity contribution in [2.45, 2.75) is 52.6 Å². The van der Waals surface area contributed by atoms with E-state index in [4.69, 9.17) is 9.47 Å². The van der Waals surface area contributed by atoms with Crippen LogP contribution in [0.4, 0.5) is 4.39 Å². The third kappa shape index (κ3) is 9.14. The molecule has 1 heterocycles. The lowest BCUT2D eigenvalue weighted by molar-refractivity contribution is -0.150. The second-order valence-corrected chi connectivity index (χ2v) is 9.01. The zero-order chi connectivity index (χ0) is 22.7. The zero-order valence-electron chi connectivity index (χ0n) is 18.4. The van der Waals surface area contributed by atoms with Gasteiger partial charge in [0.05, 0.1) is 29.8 Å². The molecular weight excluding hydrogens is 419 g/mol. The Labute approximate surface area is 187 Å². The van der Waals surface area contributed by atoms with E-state index in [0.717, 1.165) is 41.9 Å². The Bertz CT molecular complexity index is 836. The van der Waals surface area contributed by atoms with Crippen LogP contribution in [0.5, 0.6) is 0 Å². The molecule has 0 bridgehead atoms. The normalized spacial score (nSPS) is 11.4. The Morgan fingerprint density at radius 1 is 1.16 bits per heavy atom. The molecule has 0 aliphatic heterocycles. The quantitative estimate of drug-likeness (QED) is 0.368. The van der Waals surface area contributed by atoms with Crippen molar-refractivity contribution in [1.29, 1.82) is 0 Å². The van der Waals surface area contributed by atoms with Gasteiger partial charge in [0.15, 0.2) is 0 Å². The van der Waals surface area contributed by atoms with Gasteiger partial charge in [-0.2, -0.15) is 0 Å². The lowest BCUT2D eigenvalue weighted by atomic mass is 9.90. The number of nitrogens with one attached hydrogen (secondary N) is 1. The monoisotopic (exact) mass is 450 g/mol. The zero-order valence-corrected chi connectivity index (χ0v) is 19.2. The van der Waals surface area contributed by atoms with Gasteiger partial charge in [-0.3, -0.25) is 9.59 Å². The number of halogens is 1. The minimum absolute atomic E-state index is 0.0130. The molecule has 0 unspecified atom stereocenters. The van der Waals surface area contributed by atoms with E-state index < -0.39 is 5.41 Å². The van der Waals surface area contributed by atoms with Crippen molar-refractivity contribution in [3.63, 3.8) is 0 Å². The van der Waals surface area contributed by atoms with Crippen LogP contribution < -0.4 is 5.32 Å². The third-order valence-electron chi connectivity index (χ3n) is 4.78. The van der Waals surface area contributed by atoms with E-state index in [1.807, 2.05) is 19.2 Å². The largest absolute Gasteiger partial charge is 0.469 e. The number of hydrogen-bond donors (Lipinski definition) is 1. The number of methoxy groups -OCH3 is 1. The first-order valence-electron chi connectivity index (χ1n) is 10.4. The number of carbonyl (C=O) groups is 2. The Hall–Kier alpha value is -2.32. The Morgan fingerprint density at radius 3 is 2.61 bits per heavy atom. The maximum atomic E-state index is 12.8. The predicted molar refractivity (Wildman–Crippen MR) is 118 cm³/mol. The first-order chi connectivity index (χ1) is 14.8. The van der Waals surface area contributed by atoms with Crippen LogP contribution in [-0.4, -0.2) is 37.1 Å². The van der Waals surface area contributed by atoms with Crippen LogP contribution in [0.1, 0.15) is 49.4 Å². The summed E-state index contributed by atoms with van der Waals surface area (Å²) < 4.78 is 23.0. The standard InChI is InChI=1S/C23H31FN2O4S/c1-23(2,22(28)29-3)13-21-26-19(16-31-21)7-5-4-6-12-25-20(27)15-30-14-17-8-10-18(24)11-9-17/h8-11,16H,4-7,12-15H2,1-3H3,(H,25,27). The van der Waals surface area contributed by atoms with Crippen molar-refractivity contribution >= 4 is 23.2 Å². The van der Waals surface area contributed by atoms with E-state index in [0.29, 0.717) is 13.0 Å².